The molecule has 1 aliphatic heterocycles. The standard InChI is InChI=1S/C17H18N2O2/c1-16(2)10-17(14(19-16)9-15(18)21)8-7-13(20)11-5-3-4-6-12(11)17/h3-9,19H,10H2,1-2H3,(H2,18,21)/b14-9+/t17-/m1/s1. The van der Waals surface area contributed by atoms with Gasteiger partial charge in [0.25, 0.3) is 0 Å². The Hall–Kier alpha value is -2.36. The topological polar surface area (TPSA) is 72.2 Å². The first-order valence-corrected chi connectivity index (χ1v) is 6.97. The highest BCUT2D eigenvalue weighted by atomic mass is 16.1. The molecule has 108 valence electrons. The van der Waals surface area contributed by atoms with E-state index in [1.165, 1.54) is 6.08 Å². The van der Waals surface area contributed by atoms with Crippen molar-refractivity contribution in [1.29, 1.82) is 0 Å². The molecule has 1 atom stereocenters. The van der Waals surface area contributed by atoms with E-state index in [1.54, 1.807) is 6.08 Å². The van der Waals surface area contributed by atoms with Crippen LogP contribution in [0.25, 0.3) is 0 Å². The summed E-state index contributed by atoms with van der Waals surface area (Å²) in [5.74, 6) is -0.489. The van der Waals surface area contributed by atoms with Gasteiger partial charge in [-0.15, -0.1) is 0 Å². The van der Waals surface area contributed by atoms with Crippen molar-refractivity contribution in [1.82, 2.24) is 5.32 Å². The van der Waals surface area contributed by atoms with Gasteiger partial charge in [-0.3, -0.25) is 9.59 Å². The van der Waals surface area contributed by atoms with Crippen molar-refractivity contribution >= 4 is 11.7 Å². The lowest BCUT2D eigenvalue weighted by atomic mass is 9.69. The van der Waals surface area contributed by atoms with Gasteiger partial charge in [-0.2, -0.15) is 0 Å². The molecule has 3 N–H and O–H groups in total. The van der Waals surface area contributed by atoms with Crippen molar-refractivity contribution in [3.63, 3.8) is 0 Å². The lowest BCUT2D eigenvalue weighted by Crippen LogP contribution is -2.31. The normalized spacial score (nSPS) is 27.7. The van der Waals surface area contributed by atoms with E-state index < -0.39 is 11.3 Å². The number of nitrogens with one attached hydrogen (secondary N) is 1. The van der Waals surface area contributed by atoms with Gasteiger partial charge in [0.15, 0.2) is 5.78 Å². The fourth-order valence-corrected chi connectivity index (χ4v) is 3.49. The summed E-state index contributed by atoms with van der Waals surface area (Å²) in [6, 6.07) is 7.56. The van der Waals surface area contributed by atoms with Crippen LogP contribution in [0.1, 0.15) is 36.2 Å². The third-order valence-corrected chi connectivity index (χ3v) is 4.15. The number of carbonyl (C=O) groups is 2. The summed E-state index contributed by atoms with van der Waals surface area (Å²) in [6.07, 6.45) is 5.69. The number of allylic oxidation sites excluding steroid dienone is 2. The van der Waals surface area contributed by atoms with Crippen LogP contribution in [-0.4, -0.2) is 17.2 Å². The summed E-state index contributed by atoms with van der Waals surface area (Å²) in [5, 5.41) is 3.38. The highest BCUT2D eigenvalue weighted by Crippen LogP contribution is 2.48. The van der Waals surface area contributed by atoms with Crippen LogP contribution >= 0.6 is 0 Å². The minimum Gasteiger partial charge on any atom is -0.382 e. The number of ketones is 1. The summed E-state index contributed by atoms with van der Waals surface area (Å²) in [5.41, 5.74) is 7.07. The van der Waals surface area contributed by atoms with Crippen molar-refractivity contribution in [2.75, 3.05) is 0 Å². The van der Waals surface area contributed by atoms with E-state index in [4.69, 9.17) is 5.73 Å². The number of hydrogen-bond donors (Lipinski definition) is 2. The van der Waals surface area contributed by atoms with Crippen LogP contribution in [-0.2, 0) is 10.2 Å². The molecular formula is C17H18N2O2. The van der Waals surface area contributed by atoms with Crippen LogP contribution in [0.2, 0.25) is 0 Å². The SMILES string of the molecule is CC1(C)C[C@@]2(C=CC(=O)c3ccccc32)/C(=C\C(N)=O)N1. The van der Waals surface area contributed by atoms with Gasteiger partial charge in [-0.25, -0.2) is 0 Å². The van der Waals surface area contributed by atoms with Gasteiger partial charge >= 0.3 is 0 Å². The third-order valence-electron chi connectivity index (χ3n) is 4.15. The summed E-state index contributed by atoms with van der Waals surface area (Å²) in [7, 11) is 0. The minimum absolute atomic E-state index is 0.000596. The van der Waals surface area contributed by atoms with Crippen LogP contribution in [0.15, 0.2) is 48.2 Å². The molecule has 3 rings (SSSR count). The van der Waals surface area contributed by atoms with Crippen molar-refractivity contribution in [3.8, 4) is 0 Å². The van der Waals surface area contributed by atoms with Gasteiger partial charge in [0.1, 0.15) is 0 Å². The Labute approximate surface area is 123 Å². The molecule has 0 radical (unpaired) electrons. The average Bonchev–Trinajstić information content (AvgIpc) is 2.65. The van der Waals surface area contributed by atoms with Gasteiger partial charge in [-0.1, -0.05) is 30.3 Å². The lowest BCUT2D eigenvalue weighted by Gasteiger charge is -2.32. The van der Waals surface area contributed by atoms with E-state index in [0.29, 0.717) is 5.56 Å². The van der Waals surface area contributed by atoms with Crippen molar-refractivity contribution in [2.45, 2.75) is 31.2 Å². The number of primary amides is 1. The van der Waals surface area contributed by atoms with Gasteiger partial charge in [-0.05, 0) is 31.9 Å². The van der Waals surface area contributed by atoms with Crippen LogP contribution in [0.4, 0.5) is 0 Å². The summed E-state index contributed by atoms with van der Waals surface area (Å²) >= 11 is 0. The van der Waals surface area contributed by atoms with Gasteiger partial charge in [0.05, 0.1) is 5.41 Å². The lowest BCUT2D eigenvalue weighted by molar-refractivity contribution is -0.113. The second-order valence-corrected chi connectivity index (χ2v) is 6.36. The number of fused-ring (bicyclic) bond motifs is 2. The number of carbonyl (C=O) groups excluding carboxylic acids is 2. The van der Waals surface area contributed by atoms with Gasteiger partial charge in [0, 0.05) is 22.9 Å². The minimum atomic E-state index is -0.489. The number of nitrogens with two attached hydrogens (primary N) is 1. The summed E-state index contributed by atoms with van der Waals surface area (Å²) in [4.78, 5) is 23.5. The largest absolute Gasteiger partial charge is 0.382 e. The first-order valence-electron chi connectivity index (χ1n) is 6.97. The predicted octanol–water partition coefficient (Wildman–Crippen LogP) is 1.82. The number of amides is 1. The zero-order chi connectivity index (χ0) is 15.3. The molecular weight excluding hydrogens is 264 g/mol. The van der Waals surface area contributed by atoms with E-state index in [0.717, 1.165) is 17.7 Å². The van der Waals surface area contributed by atoms with Crippen molar-refractivity contribution in [2.24, 2.45) is 5.73 Å². The molecule has 2 aliphatic rings. The zero-order valence-corrected chi connectivity index (χ0v) is 12.1. The number of hydrogen-bond acceptors (Lipinski definition) is 3. The molecule has 1 aromatic carbocycles. The Morgan fingerprint density at radius 2 is 2.05 bits per heavy atom. The molecule has 0 bridgehead atoms. The van der Waals surface area contributed by atoms with E-state index >= 15 is 0 Å². The van der Waals surface area contributed by atoms with E-state index in [2.05, 4.69) is 19.2 Å². The maximum atomic E-state index is 12.1. The summed E-state index contributed by atoms with van der Waals surface area (Å²) < 4.78 is 0. The van der Waals surface area contributed by atoms with Crippen LogP contribution < -0.4 is 11.1 Å². The average molecular weight is 282 g/mol. The van der Waals surface area contributed by atoms with E-state index in [9.17, 15) is 9.59 Å². The van der Waals surface area contributed by atoms with E-state index in [1.807, 2.05) is 30.3 Å². The Balaban J connectivity index is 2.26. The smallest absolute Gasteiger partial charge is 0.243 e. The molecule has 4 heteroatoms. The van der Waals surface area contributed by atoms with Crippen molar-refractivity contribution < 1.29 is 9.59 Å². The molecule has 1 saturated heterocycles. The molecule has 1 aromatic rings. The van der Waals surface area contributed by atoms with E-state index in [-0.39, 0.29) is 11.3 Å². The Kier molecular flexibility index (Phi) is 2.80. The maximum Gasteiger partial charge on any atom is 0.243 e. The fourth-order valence-electron chi connectivity index (χ4n) is 3.49. The fraction of sp³-hybridized carbons (Fsp3) is 0.294. The van der Waals surface area contributed by atoms with Crippen molar-refractivity contribution in [3.05, 3.63) is 59.3 Å². The highest BCUT2D eigenvalue weighted by molar-refractivity contribution is 6.08. The molecule has 1 spiro atoms. The Morgan fingerprint density at radius 1 is 1.33 bits per heavy atom. The Bertz CT molecular complexity index is 700. The van der Waals surface area contributed by atoms with Crippen LogP contribution in [0.5, 0.6) is 0 Å². The summed E-state index contributed by atoms with van der Waals surface area (Å²) in [6.45, 7) is 4.15. The molecule has 0 saturated carbocycles. The molecule has 1 fully saturated rings. The van der Waals surface area contributed by atoms with Crippen LogP contribution in [0, 0.1) is 0 Å². The molecule has 1 heterocycles. The number of rotatable bonds is 1. The quantitative estimate of drug-likeness (QED) is 0.772. The van der Waals surface area contributed by atoms with Crippen LogP contribution in [0.3, 0.4) is 0 Å². The number of benzene rings is 1. The second kappa shape index (κ2) is 4.32. The van der Waals surface area contributed by atoms with Gasteiger partial charge < -0.3 is 11.1 Å². The molecule has 4 nitrogen and oxygen atoms in total. The molecule has 1 aliphatic carbocycles. The highest BCUT2D eigenvalue weighted by Gasteiger charge is 2.49. The maximum absolute atomic E-state index is 12.1. The Morgan fingerprint density at radius 3 is 2.76 bits per heavy atom. The molecule has 0 unspecified atom stereocenters. The van der Waals surface area contributed by atoms with Gasteiger partial charge in [0.2, 0.25) is 5.91 Å². The second-order valence-electron chi connectivity index (χ2n) is 6.36. The molecule has 1 amide bonds. The first kappa shape index (κ1) is 13.6. The zero-order valence-electron chi connectivity index (χ0n) is 12.1. The monoisotopic (exact) mass is 282 g/mol. The predicted molar refractivity (Wildman–Crippen MR) is 80.7 cm³/mol. The molecule has 21 heavy (non-hydrogen) atoms. The first-order chi connectivity index (χ1) is 9.84. The third kappa shape index (κ3) is 2.07. The molecule has 0 aromatic heterocycles.